The molecule has 0 saturated carbocycles. The highest BCUT2D eigenvalue weighted by atomic mass is 16.4. The standard InChI is InChI=1S/C14H13N3O3/c15-13(18)10-6-7-11(16-8-10)17-12(14(19)20)9-4-2-1-3-5-9/h1-8,12H,(H2,15,18)(H,16,17)(H,19,20). The molecule has 1 aromatic heterocycles. The number of pyridine rings is 1. The van der Waals surface area contributed by atoms with Crippen molar-refractivity contribution in [2.24, 2.45) is 5.73 Å². The molecular formula is C14H13N3O3. The van der Waals surface area contributed by atoms with Gasteiger partial charge >= 0.3 is 5.97 Å². The van der Waals surface area contributed by atoms with E-state index in [1.807, 2.05) is 6.07 Å². The summed E-state index contributed by atoms with van der Waals surface area (Å²) < 4.78 is 0. The summed E-state index contributed by atoms with van der Waals surface area (Å²) in [5.41, 5.74) is 5.99. The molecule has 2 rings (SSSR count). The monoisotopic (exact) mass is 271 g/mol. The van der Waals surface area contributed by atoms with E-state index >= 15 is 0 Å². The van der Waals surface area contributed by atoms with Crippen molar-refractivity contribution >= 4 is 17.7 Å². The zero-order chi connectivity index (χ0) is 14.5. The van der Waals surface area contributed by atoms with Gasteiger partial charge in [0.2, 0.25) is 5.91 Å². The lowest BCUT2D eigenvalue weighted by molar-refractivity contribution is -0.138. The summed E-state index contributed by atoms with van der Waals surface area (Å²) in [6.45, 7) is 0. The van der Waals surface area contributed by atoms with Crippen LogP contribution in [0.1, 0.15) is 22.0 Å². The molecule has 0 bridgehead atoms. The fraction of sp³-hybridized carbons (Fsp3) is 0.0714. The first-order chi connectivity index (χ1) is 9.58. The van der Waals surface area contributed by atoms with Crippen LogP contribution in [0.4, 0.5) is 5.82 Å². The Hall–Kier alpha value is -2.89. The number of hydrogen-bond donors (Lipinski definition) is 3. The normalized spacial score (nSPS) is 11.6. The van der Waals surface area contributed by atoms with Gasteiger partial charge in [0.25, 0.3) is 0 Å². The summed E-state index contributed by atoms with van der Waals surface area (Å²) in [4.78, 5) is 26.2. The smallest absolute Gasteiger partial charge is 0.330 e. The van der Waals surface area contributed by atoms with Gasteiger partial charge in [0.15, 0.2) is 6.04 Å². The number of nitrogens with two attached hydrogens (primary N) is 1. The van der Waals surface area contributed by atoms with Crippen LogP contribution in [-0.2, 0) is 4.79 Å². The lowest BCUT2D eigenvalue weighted by atomic mass is 10.1. The average Bonchev–Trinajstić information content (AvgIpc) is 2.46. The molecule has 1 aromatic carbocycles. The van der Waals surface area contributed by atoms with Crippen molar-refractivity contribution in [3.63, 3.8) is 0 Å². The molecule has 0 aliphatic heterocycles. The number of aromatic nitrogens is 1. The maximum absolute atomic E-state index is 11.3. The molecule has 0 fully saturated rings. The first-order valence-electron chi connectivity index (χ1n) is 5.88. The fourth-order valence-corrected chi connectivity index (χ4v) is 1.71. The third kappa shape index (κ3) is 3.11. The Kier molecular flexibility index (Phi) is 3.95. The fourth-order valence-electron chi connectivity index (χ4n) is 1.71. The van der Waals surface area contributed by atoms with Gasteiger partial charge in [0, 0.05) is 6.20 Å². The highest BCUT2D eigenvalue weighted by Crippen LogP contribution is 2.18. The van der Waals surface area contributed by atoms with Crippen LogP contribution >= 0.6 is 0 Å². The van der Waals surface area contributed by atoms with E-state index < -0.39 is 17.9 Å². The number of carbonyl (C=O) groups excluding carboxylic acids is 1. The molecule has 0 aliphatic rings. The minimum atomic E-state index is -1.02. The lowest BCUT2D eigenvalue weighted by Crippen LogP contribution is -2.21. The Morgan fingerprint density at radius 1 is 1.15 bits per heavy atom. The van der Waals surface area contributed by atoms with Crippen molar-refractivity contribution in [3.8, 4) is 0 Å². The van der Waals surface area contributed by atoms with Crippen LogP contribution < -0.4 is 11.1 Å². The van der Waals surface area contributed by atoms with Gasteiger partial charge in [0.05, 0.1) is 5.56 Å². The van der Waals surface area contributed by atoms with Crippen molar-refractivity contribution < 1.29 is 14.7 Å². The van der Waals surface area contributed by atoms with Crippen LogP contribution in [0.5, 0.6) is 0 Å². The molecule has 1 heterocycles. The highest BCUT2D eigenvalue weighted by Gasteiger charge is 2.19. The minimum Gasteiger partial charge on any atom is -0.479 e. The molecule has 0 saturated heterocycles. The van der Waals surface area contributed by atoms with Crippen LogP contribution in [0.25, 0.3) is 0 Å². The highest BCUT2D eigenvalue weighted by molar-refractivity contribution is 5.92. The quantitative estimate of drug-likeness (QED) is 0.762. The number of nitrogens with zero attached hydrogens (tertiary/aromatic N) is 1. The summed E-state index contributed by atoms with van der Waals surface area (Å²) >= 11 is 0. The van der Waals surface area contributed by atoms with Gasteiger partial charge in [0.1, 0.15) is 5.82 Å². The Balaban J connectivity index is 2.21. The SMILES string of the molecule is NC(=O)c1ccc(NC(C(=O)O)c2ccccc2)nc1. The number of rotatable bonds is 5. The first-order valence-corrected chi connectivity index (χ1v) is 5.88. The molecule has 6 heteroatoms. The summed E-state index contributed by atoms with van der Waals surface area (Å²) in [5, 5.41) is 12.1. The number of carboxylic acids is 1. The maximum atomic E-state index is 11.3. The van der Waals surface area contributed by atoms with Gasteiger partial charge in [-0.25, -0.2) is 9.78 Å². The van der Waals surface area contributed by atoms with Crippen molar-refractivity contribution in [3.05, 3.63) is 59.8 Å². The topological polar surface area (TPSA) is 105 Å². The van der Waals surface area contributed by atoms with Crippen molar-refractivity contribution in [1.82, 2.24) is 4.98 Å². The van der Waals surface area contributed by atoms with E-state index in [-0.39, 0.29) is 5.56 Å². The molecule has 2 aromatic rings. The average molecular weight is 271 g/mol. The minimum absolute atomic E-state index is 0.266. The largest absolute Gasteiger partial charge is 0.479 e. The van der Waals surface area contributed by atoms with E-state index in [9.17, 15) is 14.7 Å². The molecule has 1 atom stereocenters. The third-order valence-corrected chi connectivity index (χ3v) is 2.72. The molecule has 1 unspecified atom stereocenters. The Morgan fingerprint density at radius 2 is 1.85 bits per heavy atom. The maximum Gasteiger partial charge on any atom is 0.330 e. The number of carboxylic acid groups (broad SMARTS) is 1. The van der Waals surface area contributed by atoms with E-state index in [0.29, 0.717) is 11.4 Å². The summed E-state index contributed by atoms with van der Waals surface area (Å²) in [6, 6.07) is 10.8. The molecule has 0 radical (unpaired) electrons. The predicted molar refractivity (Wildman–Crippen MR) is 73.2 cm³/mol. The van der Waals surface area contributed by atoms with E-state index in [1.165, 1.54) is 18.3 Å². The van der Waals surface area contributed by atoms with Gasteiger partial charge in [-0.05, 0) is 17.7 Å². The molecule has 1 amide bonds. The molecule has 102 valence electrons. The van der Waals surface area contributed by atoms with Gasteiger partial charge in [-0.1, -0.05) is 30.3 Å². The van der Waals surface area contributed by atoms with Gasteiger partial charge < -0.3 is 16.2 Å². The van der Waals surface area contributed by atoms with Crippen LogP contribution in [0.3, 0.4) is 0 Å². The molecular weight excluding hydrogens is 258 g/mol. The lowest BCUT2D eigenvalue weighted by Gasteiger charge is -2.15. The molecule has 6 nitrogen and oxygen atoms in total. The van der Waals surface area contributed by atoms with E-state index in [4.69, 9.17) is 5.73 Å². The number of hydrogen-bond acceptors (Lipinski definition) is 4. The van der Waals surface area contributed by atoms with Crippen molar-refractivity contribution in [1.29, 1.82) is 0 Å². The van der Waals surface area contributed by atoms with Crippen molar-refractivity contribution in [2.45, 2.75) is 6.04 Å². The second-order valence-corrected chi connectivity index (χ2v) is 4.12. The summed E-state index contributed by atoms with van der Waals surface area (Å²) in [7, 11) is 0. The van der Waals surface area contributed by atoms with Gasteiger partial charge in [-0.2, -0.15) is 0 Å². The number of aliphatic carboxylic acids is 1. The number of amides is 1. The number of carbonyl (C=O) groups is 2. The second kappa shape index (κ2) is 5.83. The molecule has 4 N–H and O–H groups in total. The zero-order valence-corrected chi connectivity index (χ0v) is 10.5. The van der Waals surface area contributed by atoms with E-state index in [1.54, 1.807) is 24.3 Å². The Morgan fingerprint density at radius 3 is 2.35 bits per heavy atom. The van der Waals surface area contributed by atoms with Crippen LogP contribution in [-0.4, -0.2) is 22.0 Å². The summed E-state index contributed by atoms with van der Waals surface area (Å²) in [6.07, 6.45) is 1.30. The van der Waals surface area contributed by atoms with Crippen molar-refractivity contribution in [2.75, 3.05) is 5.32 Å². The predicted octanol–water partition coefficient (Wildman–Crippen LogP) is 1.42. The number of nitrogens with one attached hydrogen (secondary N) is 1. The molecule has 20 heavy (non-hydrogen) atoms. The summed E-state index contributed by atoms with van der Waals surface area (Å²) in [5.74, 6) is -1.25. The van der Waals surface area contributed by atoms with Crippen LogP contribution in [0, 0.1) is 0 Å². The number of anilines is 1. The van der Waals surface area contributed by atoms with Gasteiger partial charge in [-0.3, -0.25) is 4.79 Å². The van der Waals surface area contributed by atoms with Gasteiger partial charge in [-0.15, -0.1) is 0 Å². The third-order valence-electron chi connectivity index (χ3n) is 2.72. The van der Waals surface area contributed by atoms with Crippen LogP contribution in [0.2, 0.25) is 0 Å². The molecule has 0 spiro atoms. The molecule has 0 aliphatic carbocycles. The zero-order valence-electron chi connectivity index (χ0n) is 10.5. The Labute approximate surface area is 115 Å². The number of benzene rings is 1. The van der Waals surface area contributed by atoms with E-state index in [2.05, 4.69) is 10.3 Å². The van der Waals surface area contributed by atoms with Crippen LogP contribution in [0.15, 0.2) is 48.7 Å². The Bertz CT molecular complexity index is 611. The van der Waals surface area contributed by atoms with E-state index in [0.717, 1.165) is 0 Å². The second-order valence-electron chi connectivity index (χ2n) is 4.12. The number of primary amides is 1. The first kappa shape index (κ1) is 13.5.